The van der Waals surface area contributed by atoms with E-state index in [1.54, 1.807) is 12.1 Å². The predicted molar refractivity (Wildman–Crippen MR) is 75.6 cm³/mol. The van der Waals surface area contributed by atoms with Crippen molar-refractivity contribution in [1.29, 1.82) is 5.26 Å². The van der Waals surface area contributed by atoms with Gasteiger partial charge in [0.25, 0.3) is 0 Å². The maximum Gasteiger partial charge on any atom is 0.322 e. The molecule has 106 valence electrons. The molecule has 3 N–H and O–H groups in total. The van der Waals surface area contributed by atoms with E-state index in [9.17, 15) is 9.59 Å². The lowest BCUT2D eigenvalue weighted by atomic mass is 10.1. The molecule has 7 nitrogen and oxygen atoms in total. The molecule has 1 aromatic heterocycles. The first-order valence-electron chi connectivity index (χ1n) is 6.12. The molecule has 0 unspecified atom stereocenters. The first kappa shape index (κ1) is 14.3. The molecule has 1 heterocycles. The van der Waals surface area contributed by atoms with Crippen molar-refractivity contribution in [1.82, 2.24) is 10.3 Å². The SMILES string of the molecule is N#Cc1cc2ccccc2nc1NCC(=O)NCC(=O)O. The molecule has 0 aliphatic rings. The lowest BCUT2D eigenvalue weighted by Crippen LogP contribution is -2.34. The van der Waals surface area contributed by atoms with E-state index in [0.29, 0.717) is 16.9 Å². The van der Waals surface area contributed by atoms with Crippen LogP contribution in [-0.4, -0.2) is 35.1 Å². The van der Waals surface area contributed by atoms with E-state index in [2.05, 4.69) is 15.6 Å². The van der Waals surface area contributed by atoms with E-state index in [1.165, 1.54) is 0 Å². The normalized spacial score (nSPS) is 9.86. The molecule has 0 bridgehead atoms. The number of aromatic nitrogens is 1. The third kappa shape index (κ3) is 3.67. The number of carbonyl (C=O) groups excluding carboxylic acids is 1. The molecule has 0 radical (unpaired) electrons. The maximum absolute atomic E-state index is 11.4. The van der Waals surface area contributed by atoms with Crippen molar-refractivity contribution in [3.63, 3.8) is 0 Å². The number of pyridine rings is 1. The molecule has 0 saturated carbocycles. The number of fused-ring (bicyclic) bond motifs is 1. The Balaban J connectivity index is 2.12. The van der Waals surface area contributed by atoms with Gasteiger partial charge in [-0.25, -0.2) is 4.98 Å². The van der Waals surface area contributed by atoms with Gasteiger partial charge >= 0.3 is 5.97 Å². The lowest BCUT2D eigenvalue weighted by Gasteiger charge is -2.08. The molecule has 2 rings (SSSR count). The lowest BCUT2D eigenvalue weighted by molar-refractivity contribution is -0.137. The van der Waals surface area contributed by atoms with E-state index >= 15 is 0 Å². The number of carboxylic acids is 1. The first-order chi connectivity index (χ1) is 10.1. The van der Waals surface area contributed by atoms with Crippen LogP contribution in [0.2, 0.25) is 0 Å². The largest absolute Gasteiger partial charge is 0.480 e. The first-order valence-corrected chi connectivity index (χ1v) is 6.12. The summed E-state index contributed by atoms with van der Waals surface area (Å²) in [6, 6.07) is 11.0. The van der Waals surface area contributed by atoms with Gasteiger partial charge in [-0.05, 0) is 12.1 Å². The van der Waals surface area contributed by atoms with Crippen LogP contribution < -0.4 is 10.6 Å². The minimum atomic E-state index is -1.12. The van der Waals surface area contributed by atoms with Crippen molar-refractivity contribution in [2.45, 2.75) is 0 Å². The second-order valence-corrected chi connectivity index (χ2v) is 4.21. The van der Waals surface area contributed by atoms with Crippen molar-refractivity contribution in [3.05, 3.63) is 35.9 Å². The van der Waals surface area contributed by atoms with Crippen molar-refractivity contribution in [2.24, 2.45) is 0 Å². The Morgan fingerprint density at radius 1 is 1.29 bits per heavy atom. The maximum atomic E-state index is 11.4. The van der Waals surface area contributed by atoms with Crippen LogP contribution in [0.1, 0.15) is 5.56 Å². The van der Waals surface area contributed by atoms with Crippen molar-refractivity contribution in [2.75, 3.05) is 18.4 Å². The molecule has 0 atom stereocenters. The molecule has 0 saturated heterocycles. The predicted octanol–water partition coefficient (Wildman–Crippen LogP) is 0.719. The van der Waals surface area contributed by atoms with Crippen LogP contribution in [0.15, 0.2) is 30.3 Å². The Kier molecular flexibility index (Phi) is 4.31. The number of amides is 1. The summed E-state index contributed by atoms with van der Waals surface area (Å²) in [5.74, 6) is -1.32. The summed E-state index contributed by atoms with van der Waals surface area (Å²) in [6.07, 6.45) is 0. The van der Waals surface area contributed by atoms with Crippen LogP contribution >= 0.6 is 0 Å². The molecule has 0 aliphatic heterocycles. The fourth-order valence-electron chi connectivity index (χ4n) is 1.74. The van der Waals surface area contributed by atoms with Gasteiger partial charge in [-0.2, -0.15) is 5.26 Å². The van der Waals surface area contributed by atoms with Crippen LogP contribution in [0.5, 0.6) is 0 Å². The van der Waals surface area contributed by atoms with E-state index in [1.807, 2.05) is 24.3 Å². The van der Waals surface area contributed by atoms with Crippen molar-refractivity contribution >= 4 is 28.6 Å². The molecule has 1 amide bonds. The number of aliphatic carboxylic acids is 1. The van der Waals surface area contributed by atoms with Crippen LogP contribution in [0.4, 0.5) is 5.82 Å². The Labute approximate surface area is 120 Å². The second kappa shape index (κ2) is 6.34. The summed E-state index contributed by atoms with van der Waals surface area (Å²) in [5.41, 5.74) is 1.02. The molecule has 1 aromatic carbocycles. The Bertz CT molecular complexity index is 737. The standard InChI is InChI=1S/C14H12N4O3/c15-6-10-5-9-3-1-2-4-11(9)18-14(10)17-7-12(19)16-8-13(20)21/h1-5H,7-8H2,(H,16,19)(H,17,18)(H,20,21). The Morgan fingerprint density at radius 3 is 2.76 bits per heavy atom. The molecule has 21 heavy (non-hydrogen) atoms. The van der Waals surface area contributed by atoms with E-state index in [0.717, 1.165) is 5.39 Å². The summed E-state index contributed by atoms with van der Waals surface area (Å²) in [5, 5.41) is 23.4. The number of nitrogens with zero attached hydrogens (tertiary/aromatic N) is 2. The van der Waals surface area contributed by atoms with Crippen LogP contribution in [0, 0.1) is 11.3 Å². The fourth-order valence-corrected chi connectivity index (χ4v) is 1.74. The van der Waals surface area contributed by atoms with Gasteiger partial charge in [-0.1, -0.05) is 18.2 Å². The summed E-state index contributed by atoms with van der Waals surface area (Å²) in [4.78, 5) is 26.1. The van der Waals surface area contributed by atoms with E-state index in [4.69, 9.17) is 10.4 Å². The van der Waals surface area contributed by atoms with Gasteiger partial charge in [0.1, 0.15) is 18.4 Å². The Morgan fingerprint density at radius 2 is 2.05 bits per heavy atom. The molecule has 0 fully saturated rings. The molecule has 2 aromatic rings. The zero-order chi connectivity index (χ0) is 15.2. The third-order valence-electron chi connectivity index (χ3n) is 2.70. The average Bonchev–Trinajstić information content (AvgIpc) is 2.49. The third-order valence-corrected chi connectivity index (χ3v) is 2.70. The van der Waals surface area contributed by atoms with Crippen LogP contribution in [-0.2, 0) is 9.59 Å². The average molecular weight is 284 g/mol. The minimum absolute atomic E-state index is 0.159. The number of rotatable bonds is 5. The van der Waals surface area contributed by atoms with Crippen LogP contribution in [0.3, 0.4) is 0 Å². The zero-order valence-electron chi connectivity index (χ0n) is 11.0. The molecule has 0 aliphatic carbocycles. The summed E-state index contributed by atoms with van der Waals surface area (Å²) >= 11 is 0. The zero-order valence-corrected chi connectivity index (χ0v) is 11.0. The molecular weight excluding hydrogens is 272 g/mol. The number of hydrogen-bond donors (Lipinski definition) is 3. The number of para-hydroxylation sites is 1. The quantitative estimate of drug-likeness (QED) is 0.745. The smallest absolute Gasteiger partial charge is 0.322 e. The highest BCUT2D eigenvalue weighted by Gasteiger charge is 2.09. The fraction of sp³-hybridized carbons (Fsp3) is 0.143. The molecule has 7 heteroatoms. The monoisotopic (exact) mass is 284 g/mol. The molecular formula is C14H12N4O3. The summed E-state index contributed by atoms with van der Waals surface area (Å²) < 4.78 is 0. The second-order valence-electron chi connectivity index (χ2n) is 4.21. The van der Waals surface area contributed by atoms with Gasteiger partial charge in [0, 0.05) is 5.39 Å². The molecule has 0 spiro atoms. The highest BCUT2D eigenvalue weighted by Crippen LogP contribution is 2.19. The number of carboxylic acid groups (broad SMARTS) is 1. The van der Waals surface area contributed by atoms with Gasteiger partial charge in [-0.15, -0.1) is 0 Å². The summed E-state index contributed by atoms with van der Waals surface area (Å²) in [6.45, 7) is -0.607. The van der Waals surface area contributed by atoms with Gasteiger partial charge < -0.3 is 15.7 Å². The van der Waals surface area contributed by atoms with Crippen LogP contribution in [0.25, 0.3) is 10.9 Å². The highest BCUT2D eigenvalue weighted by molar-refractivity contribution is 5.86. The number of carbonyl (C=O) groups is 2. The highest BCUT2D eigenvalue weighted by atomic mass is 16.4. The van der Waals surface area contributed by atoms with Gasteiger partial charge in [0.05, 0.1) is 17.6 Å². The van der Waals surface area contributed by atoms with E-state index < -0.39 is 18.4 Å². The number of hydrogen-bond acceptors (Lipinski definition) is 5. The van der Waals surface area contributed by atoms with Gasteiger partial charge in [-0.3, -0.25) is 9.59 Å². The summed E-state index contributed by atoms with van der Waals surface area (Å²) in [7, 11) is 0. The van der Waals surface area contributed by atoms with Gasteiger partial charge in [0.2, 0.25) is 5.91 Å². The van der Waals surface area contributed by atoms with E-state index in [-0.39, 0.29) is 6.54 Å². The van der Waals surface area contributed by atoms with Crippen molar-refractivity contribution < 1.29 is 14.7 Å². The van der Waals surface area contributed by atoms with Gasteiger partial charge in [0.15, 0.2) is 0 Å². The topological polar surface area (TPSA) is 115 Å². The minimum Gasteiger partial charge on any atom is -0.480 e. The number of nitrogens with one attached hydrogen (secondary N) is 2. The Hall–Kier alpha value is -3.14. The number of benzene rings is 1. The van der Waals surface area contributed by atoms with Crippen molar-refractivity contribution in [3.8, 4) is 6.07 Å². The number of nitriles is 1. The number of anilines is 1.